The molecule has 2 fully saturated rings. The Bertz CT molecular complexity index is 612. The van der Waals surface area contributed by atoms with Crippen LogP contribution in [0.15, 0.2) is 29.0 Å². The minimum Gasteiger partial charge on any atom is -0.478 e. The van der Waals surface area contributed by atoms with Gasteiger partial charge in [0.2, 0.25) is 0 Å². The van der Waals surface area contributed by atoms with Crippen molar-refractivity contribution in [3.8, 4) is 0 Å². The van der Waals surface area contributed by atoms with Gasteiger partial charge in [-0.05, 0) is 22.0 Å². The smallest absolute Gasteiger partial charge is 0.328 e. The van der Waals surface area contributed by atoms with Crippen molar-refractivity contribution < 1.29 is 19.8 Å². The second-order valence-corrected chi connectivity index (χ2v) is 6.31. The Morgan fingerprint density at radius 3 is 2.39 bits per heavy atom. The zero-order valence-corrected chi connectivity index (χ0v) is 14.3. The number of anilines is 1. The second-order valence-electron chi connectivity index (χ2n) is 5.16. The van der Waals surface area contributed by atoms with Crippen molar-refractivity contribution in [2.45, 2.75) is 6.04 Å². The fraction of sp³-hybridized carbons (Fsp3) is 0.357. The molecule has 7 nitrogen and oxygen atoms in total. The predicted molar refractivity (Wildman–Crippen MR) is 88.9 cm³/mol. The molecule has 0 bridgehead atoms. The SMILES string of the molecule is Clc1cc(N2C[C@@H]3CN[C@@H]3C2)cnc1Br.O=C(O)/C=C/C(=O)O. The minimum atomic E-state index is -1.26. The molecule has 0 unspecified atom stereocenters. The summed E-state index contributed by atoms with van der Waals surface area (Å²) in [5, 5.41) is 19.7. The number of aromatic nitrogens is 1. The maximum atomic E-state index is 9.55. The Labute approximate surface area is 146 Å². The van der Waals surface area contributed by atoms with E-state index in [1.165, 1.54) is 0 Å². The lowest BCUT2D eigenvalue weighted by molar-refractivity contribution is -0.134. The summed E-state index contributed by atoms with van der Waals surface area (Å²) in [4.78, 5) is 25.7. The monoisotopic (exact) mass is 403 g/mol. The molecule has 2 aliphatic rings. The zero-order valence-electron chi connectivity index (χ0n) is 11.9. The van der Waals surface area contributed by atoms with Gasteiger partial charge in [-0.1, -0.05) is 11.6 Å². The summed E-state index contributed by atoms with van der Waals surface area (Å²) < 4.78 is 0.716. The van der Waals surface area contributed by atoms with E-state index in [4.69, 9.17) is 21.8 Å². The number of carbonyl (C=O) groups is 2. The number of halogens is 2. The predicted octanol–water partition coefficient (Wildman–Crippen LogP) is 1.62. The van der Waals surface area contributed by atoms with E-state index in [2.05, 4.69) is 31.1 Å². The van der Waals surface area contributed by atoms with Gasteiger partial charge < -0.3 is 20.4 Å². The van der Waals surface area contributed by atoms with Crippen LogP contribution in [-0.4, -0.2) is 52.8 Å². The number of fused-ring (bicyclic) bond motifs is 1. The molecular formula is C14H15BrClN3O4. The third-order valence-corrected chi connectivity index (χ3v) is 4.75. The highest BCUT2D eigenvalue weighted by Gasteiger charge is 2.39. The lowest BCUT2D eigenvalue weighted by atomic mass is 9.96. The molecule has 0 spiro atoms. The summed E-state index contributed by atoms with van der Waals surface area (Å²) in [5.41, 5.74) is 1.12. The number of pyridine rings is 1. The number of carboxylic acid groups (broad SMARTS) is 2. The average Bonchev–Trinajstić information content (AvgIpc) is 2.76. The summed E-state index contributed by atoms with van der Waals surface area (Å²) in [6.07, 6.45) is 2.99. The van der Waals surface area contributed by atoms with Crippen LogP contribution in [0.4, 0.5) is 5.69 Å². The minimum absolute atomic E-state index is 0.558. The van der Waals surface area contributed by atoms with Crippen LogP contribution in [-0.2, 0) is 9.59 Å². The Morgan fingerprint density at radius 2 is 2.00 bits per heavy atom. The van der Waals surface area contributed by atoms with Crippen molar-refractivity contribution in [2.75, 3.05) is 24.5 Å². The van der Waals surface area contributed by atoms with Crippen LogP contribution in [0.1, 0.15) is 0 Å². The first-order valence-electron chi connectivity index (χ1n) is 6.80. The van der Waals surface area contributed by atoms with Gasteiger partial charge in [-0.25, -0.2) is 14.6 Å². The van der Waals surface area contributed by atoms with Crippen molar-refractivity contribution in [3.63, 3.8) is 0 Å². The molecule has 3 N–H and O–H groups in total. The van der Waals surface area contributed by atoms with Gasteiger partial charge in [0.15, 0.2) is 0 Å². The van der Waals surface area contributed by atoms with Crippen LogP contribution >= 0.6 is 27.5 Å². The van der Waals surface area contributed by atoms with Gasteiger partial charge in [-0.2, -0.15) is 0 Å². The van der Waals surface area contributed by atoms with Crippen molar-refractivity contribution in [1.82, 2.24) is 10.3 Å². The number of rotatable bonds is 3. The number of aliphatic carboxylic acids is 2. The van der Waals surface area contributed by atoms with E-state index in [1.54, 1.807) is 0 Å². The molecule has 0 saturated carbocycles. The summed E-state index contributed by atoms with van der Waals surface area (Å²) in [6, 6.07) is 2.65. The molecule has 9 heteroatoms. The molecular weight excluding hydrogens is 390 g/mol. The highest BCUT2D eigenvalue weighted by atomic mass is 79.9. The van der Waals surface area contributed by atoms with E-state index in [0.29, 0.717) is 27.8 Å². The van der Waals surface area contributed by atoms with Crippen LogP contribution in [0.2, 0.25) is 5.02 Å². The Hall–Kier alpha value is -1.64. The van der Waals surface area contributed by atoms with E-state index < -0.39 is 11.9 Å². The summed E-state index contributed by atoms with van der Waals surface area (Å²) in [6.45, 7) is 3.35. The lowest BCUT2D eigenvalue weighted by Crippen LogP contribution is -2.51. The Kier molecular flexibility index (Phi) is 5.97. The molecule has 0 amide bonds. The fourth-order valence-electron chi connectivity index (χ4n) is 2.39. The molecule has 2 saturated heterocycles. The second kappa shape index (κ2) is 7.76. The molecule has 3 rings (SSSR count). The largest absolute Gasteiger partial charge is 0.478 e. The normalized spacial score (nSPS) is 22.1. The number of nitrogens with zero attached hydrogens (tertiary/aromatic N) is 2. The third-order valence-electron chi connectivity index (χ3n) is 3.60. The Morgan fingerprint density at radius 1 is 1.35 bits per heavy atom. The standard InChI is InChI=1S/C10H11BrClN3.C4H4O4/c11-10-8(12)1-7(3-14-10)15-4-6-2-13-9(6)5-15;5-3(6)1-2-4(7)8/h1,3,6,9,13H,2,4-5H2;1-2H,(H,5,6)(H,7,8)/b;2-1+/t6-,9+;/m0./s1. The Balaban J connectivity index is 0.000000207. The first kappa shape index (κ1) is 17.7. The molecule has 124 valence electrons. The summed E-state index contributed by atoms with van der Waals surface area (Å²) in [5.74, 6) is -1.70. The van der Waals surface area contributed by atoms with Gasteiger partial charge in [-0.15, -0.1) is 0 Å². The number of carboxylic acids is 2. The van der Waals surface area contributed by atoms with Gasteiger partial charge >= 0.3 is 11.9 Å². The van der Waals surface area contributed by atoms with E-state index in [9.17, 15) is 9.59 Å². The molecule has 0 radical (unpaired) electrons. The van der Waals surface area contributed by atoms with Crippen LogP contribution in [0.3, 0.4) is 0 Å². The maximum absolute atomic E-state index is 9.55. The van der Waals surface area contributed by atoms with Crippen LogP contribution in [0.25, 0.3) is 0 Å². The maximum Gasteiger partial charge on any atom is 0.328 e. The average molecular weight is 405 g/mol. The number of hydrogen-bond donors (Lipinski definition) is 3. The van der Waals surface area contributed by atoms with Gasteiger partial charge in [-0.3, -0.25) is 0 Å². The molecule has 2 atom stereocenters. The highest BCUT2D eigenvalue weighted by Crippen LogP contribution is 2.31. The summed E-state index contributed by atoms with van der Waals surface area (Å²) in [7, 11) is 0. The molecule has 0 aliphatic carbocycles. The molecule has 1 aromatic rings. The first-order chi connectivity index (χ1) is 10.9. The molecule has 2 aliphatic heterocycles. The lowest BCUT2D eigenvalue weighted by Gasteiger charge is -2.29. The third kappa shape index (κ3) is 4.92. The van der Waals surface area contributed by atoms with Crippen molar-refractivity contribution in [3.05, 3.63) is 34.0 Å². The highest BCUT2D eigenvalue weighted by molar-refractivity contribution is 9.10. The van der Waals surface area contributed by atoms with Gasteiger partial charge in [0.05, 0.1) is 16.9 Å². The molecule has 1 aromatic heterocycles. The van der Waals surface area contributed by atoms with Gasteiger partial charge in [0, 0.05) is 43.7 Å². The zero-order chi connectivity index (χ0) is 17.0. The fourth-order valence-corrected chi connectivity index (χ4v) is 2.77. The molecule has 23 heavy (non-hydrogen) atoms. The topological polar surface area (TPSA) is 103 Å². The van der Waals surface area contributed by atoms with Crippen LogP contribution in [0, 0.1) is 5.92 Å². The van der Waals surface area contributed by atoms with Gasteiger partial charge in [0.1, 0.15) is 4.60 Å². The molecule has 0 aromatic carbocycles. The molecule has 3 heterocycles. The van der Waals surface area contributed by atoms with Crippen LogP contribution < -0.4 is 10.2 Å². The number of nitrogens with one attached hydrogen (secondary N) is 1. The van der Waals surface area contributed by atoms with Crippen molar-refractivity contribution in [1.29, 1.82) is 0 Å². The van der Waals surface area contributed by atoms with Crippen LogP contribution in [0.5, 0.6) is 0 Å². The first-order valence-corrected chi connectivity index (χ1v) is 7.97. The quantitative estimate of drug-likeness (QED) is 0.519. The van der Waals surface area contributed by atoms with E-state index in [-0.39, 0.29) is 0 Å². The van der Waals surface area contributed by atoms with E-state index in [0.717, 1.165) is 31.2 Å². The van der Waals surface area contributed by atoms with Gasteiger partial charge in [0.25, 0.3) is 0 Å². The van der Waals surface area contributed by atoms with Crippen molar-refractivity contribution >= 4 is 45.2 Å². The van der Waals surface area contributed by atoms with Crippen molar-refractivity contribution in [2.24, 2.45) is 5.92 Å². The summed E-state index contributed by atoms with van der Waals surface area (Å²) >= 11 is 9.33. The van der Waals surface area contributed by atoms with E-state index in [1.807, 2.05) is 12.3 Å². The number of hydrogen-bond acceptors (Lipinski definition) is 5. The van der Waals surface area contributed by atoms with E-state index >= 15 is 0 Å².